The molecule has 0 aliphatic carbocycles. The van der Waals surface area contributed by atoms with E-state index in [4.69, 9.17) is 0 Å². The number of carbonyl (C=O) groups is 1. The predicted octanol–water partition coefficient (Wildman–Crippen LogP) is 4.59. The number of para-hydroxylation sites is 1. The molecular formula is C25H25N3O3S2. The third kappa shape index (κ3) is 4.68. The van der Waals surface area contributed by atoms with Gasteiger partial charge in [0.25, 0.3) is 5.91 Å². The smallest absolute Gasteiger partial charge is 0.279 e. The average Bonchev–Trinajstić information content (AvgIpc) is 3.18. The average molecular weight is 480 g/mol. The van der Waals surface area contributed by atoms with Crippen LogP contribution in [0.1, 0.15) is 28.4 Å². The van der Waals surface area contributed by atoms with Gasteiger partial charge in [-0.15, -0.1) is 0 Å². The fourth-order valence-electron chi connectivity index (χ4n) is 3.71. The summed E-state index contributed by atoms with van der Waals surface area (Å²) in [5.74, 6) is -0.400. The SMILES string of the molecule is CCn1c(=NC(=O)c2ccc(S(=O)(=O)N(C)Cc3ccccc3)cc2)sc2cccc(C)c21. The van der Waals surface area contributed by atoms with E-state index in [1.807, 2.05) is 66.9 Å². The maximum absolute atomic E-state index is 12.9. The van der Waals surface area contributed by atoms with E-state index in [1.54, 1.807) is 7.05 Å². The Labute approximate surface area is 197 Å². The number of thiazole rings is 1. The van der Waals surface area contributed by atoms with Crippen LogP contribution in [0.25, 0.3) is 10.2 Å². The molecule has 0 unspecified atom stereocenters. The maximum Gasteiger partial charge on any atom is 0.279 e. The first-order chi connectivity index (χ1) is 15.8. The van der Waals surface area contributed by atoms with Crippen LogP contribution >= 0.6 is 11.3 Å². The van der Waals surface area contributed by atoms with E-state index in [1.165, 1.54) is 39.9 Å². The molecule has 0 aliphatic heterocycles. The molecule has 8 heteroatoms. The van der Waals surface area contributed by atoms with Crippen LogP contribution < -0.4 is 4.80 Å². The molecule has 0 radical (unpaired) electrons. The number of amides is 1. The molecule has 33 heavy (non-hydrogen) atoms. The van der Waals surface area contributed by atoms with Crippen molar-refractivity contribution >= 4 is 37.5 Å². The van der Waals surface area contributed by atoms with Gasteiger partial charge in [0.15, 0.2) is 4.80 Å². The van der Waals surface area contributed by atoms with E-state index in [0.29, 0.717) is 16.9 Å². The van der Waals surface area contributed by atoms with Crippen LogP contribution in [0.3, 0.4) is 0 Å². The highest BCUT2D eigenvalue weighted by atomic mass is 32.2. The molecule has 4 aromatic rings. The van der Waals surface area contributed by atoms with Crippen molar-refractivity contribution in [2.45, 2.75) is 31.8 Å². The number of carbonyl (C=O) groups excluding carboxylic acids is 1. The topological polar surface area (TPSA) is 71.7 Å². The highest BCUT2D eigenvalue weighted by Gasteiger charge is 2.21. The van der Waals surface area contributed by atoms with Gasteiger partial charge in [-0.25, -0.2) is 8.42 Å². The van der Waals surface area contributed by atoms with Gasteiger partial charge in [-0.05, 0) is 55.3 Å². The number of hydrogen-bond acceptors (Lipinski definition) is 4. The van der Waals surface area contributed by atoms with Crippen LogP contribution in [0.2, 0.25) is 0 Å². The predicted molar refractivity (Wildman–Crippen MR) is 132 cm³/mol. The molecule has 0 saturated heterocycles. The molecule has 0 saturated carbocycles. The summed E-state index contributed by atoms with van der Waals surface area (Å²) in [6, 6.07) is 21.4. The third-order valence-corrected chi connectivity index (χ3v) is 8.33. The van der Waals surface area contributed by atoms with Gasteiger partial charge in [-0.2, -0.15) is 9.30 Å². The van der Waals surface area contributed by atoms with Gasteiger partial charge in [0.2, 0.25) is 10.0 Å². The fraction of sp³-hybridized carbons (Fsp3) is 0.200. The first-order valence-electron chi connectivity index (χ1n) is 10.6. The number of benzene rings is 3. The third-order valence-electron chi connectivity index (χ3n) is 5.47. The molecule has 170 valence electrons. The fourth-order valence-corrected chi connectivity index (χ4v) is 6.04. The van der Waals surface area contributed by atoms with Gasteiger partial charge in [0, 0.05) is 25.7 Å². The summed E-state index contributed by atoms with van der Waals surface area (Å²) in [5, 5.41) is 0. The maximum atomic E-state index is 12.9. The lowest BCUT2D eigenvalue weighted by molar-refractivity contribution is 0.0997. The molecule has 3 aromatic carbocycles. The minimum absolute atomic E-state index is 0.138. The largest absolute Gasteiger partial charge is 0.316 e. The summed E-state index contributed by atoms with van der Waals surface area (Å²) in [5.41, 5.74) is 3.46. The Morgan fingerprint density at radius 3 is 2.36 bits per heavy atom. The van der Waals surface area contributed by atoms with Gasteiger partial charge in [-0.3, -0.25) is 4.79 Å². The minimum atomic E-state index is -3.68. The summed E-state index contributed by atoms with van der Waals surface area (Å²) in [6.45, 7) is 5.03. The lowest BCUT2D eigenvalue weighted by Gasteiger charge is -2.17. The van der Waals surface area contributed by atoms with Crippen LogP contribution in [0.15, 0.2) is 82.7 Å². The van der Waals surface area contributed by atoms with Crippen molar-refractivity contribution < 1.29 is 13.2 Å². The van der Waals surface area contributed by atoms with E-state index < -0.39 is 15.9 Å². The standard InChI is InChI=1S/C25H25N3O3S2/c1-4-28-23-18(2)9-8-12-22(23)32-25(28)26-24(29)20-13-15-21(16-14-20)33(30,31)27(3)17-19-10-6-5-7-11-19/h5-16H,4,17H2,1-3H3. The Morgan fingerprint density at radius 2 is 1.70 bits per heavy atom. The van der Waals surface area contributed by atoms with Gasteiger partial charge in [-0.1, -0.05) is 53.8 Å². The molecule has 0 N–H and O–H groups in total. The number of rotatable bonds is 6. The summed E-state index contributed by atoms with van der Waals surface area (Å²) in [7, 11) is -2.14. The van der Waals surface area contributed by atoms with Crippen LogP contribution in [-0.4, -0.2) is 30.2 Å². The molecule has 6 nitrogen and oxygen atoms in total. The Bertz CT molecular complexity index is 1470. The van der Waals surface area contributed by atoms with E-state index in [-0.39, 0.29) is 11.4 Å². The van der Waals surface area contributed by atoms with E-state index >= 15 is 0 Å². The molecule has 0 atom stereocenters. The van der Waals surface area contributed by atoms with Crippen molar-refractivity contribution in [3.63, 3.8) is 0 Å². The summed E-state index contributed by atoms with van der Waals surface area (Å²) < 4.78 is 30.3. The molecule has 1 heterocycles. The van der Waals surface area contributed by atoms with Gasteiger partial charge in [0.1, 0.15) is 0 Å². The Morgan fingerprint density at radius 1 is 1.00 bits per heavy atom. The van der Waals surface area contributed by atoms with Crippen molar-refractivity contribution in [1.29, 1.82) is 0 Å². The zero-order chi connectivity index (χ0) is 23.6. The van der Waals surface area contributed by atoms with Gasteiger partial charge < -0.3 is 4.57 Å². The zero-order valence-electron chi connectivity index (χ0n) is 18.7. The molecule has 1 aromatic heterocycles. The van der Waals surface area contributed by atoms with Crippen molar-refractivity contribution in [2.24, 2.45) is 4.99 Å². The minimum Gasteiger partial charge on any atom is -0.316 e. The Hall–Kier alpha value is -3.07. The normalized spacial score (nSPS) is 12.5. The number of aromatic nitrogens is 1. The van der Waals surface area contributed by atoms with Gasteiger partial charge >= 0.3 is 0 Å². The number of aryl methyl sites for hydroxylation is 2. The van der Waals surface area contributed by atoms with Crippen LogP contribution in [0.4, 0.5) is 0 Å². The number of fused-ring (bicyclic) bond motifs is 1. The second kappa shape index (κ2) is 9.43. The molecule has 1 amide bonds. The quantitative estimate of drug-likeness (QED) is 0.406. The van der Waals surface area contributed by atoms with Crippen molar-refractivity contribution in [3.05, 3.63) is 94.3 Å². The first kappa shape index (κ1) is 23.1. The zero-order valence-corrected chi connectivity index (χ0v) is 20.4. The van der Waals surface area contributed by atoms with E-state index in [2.05, 4.69) is 4.99 Å². The summed E-state index contributed by atoms with van der Waals surface area (Å²) in [6.07, 6.45) is 0. The van der Waals surface area contributed by atoms with Crippen LogP contribution in [0.5, 0.6) is 0 Å². The van der Waals surface area contributed by atoms with Crippen molar-refractivity contribution in [2.75, 3.05) is 7.05 Å². The molecule has 0 fully saturated rings. The summed E-state index contributed by atoms with van der Waals surface area (Å²) in [4.78, 5) is 18.0. The molecule has 0 aliphatic rings. The molecule has 0 bridgehead atoms. The monoisotopic (exact) mass is 479 g/mol. The first-order valence-corrected chi connectivity index (χ1v) is 12.8. The van der Waals surface area contributed by atoms with Crippen LogP contribution in [0, 0.1) is 6.92 Å². The summed E-state index contributed by atoms with van der Waals surface area (Å²) >= 11 is 1.47. The number of sulfonamides is 1. The lowest BCUT2D eigenvalue weighted by Crippen LogP contribution is -2.26. The number of nitrogens with zero attached hydrogens (tertiary/aromatic N) is 3. The molecular weight excluding hydrogens is 454 g/mol. The molecule has 0 spiro atoms. The number of hydrogen-bond donors (Lipinski definition) is 0. The Kier molecular flexibility index (Phi) is 6.60. The van der Waals surface area contributed by atoms with Crippen LogP contribution in [-0.2, 0) is 23.1 Å². The van der Waals surface area contributed by atoms with Crippen molar-refractivity contribution in [3.8, 4) is 0 Å². The highest BCUT2D eigenvalue weighted by Crippen LogP contribution is 2.21. The van der Waals surface area contributed by atoms with Gasteiger partial charge in [0.05, 0.1) is 15.1 Å². The van der Waals surface area contributed by atoms with E-state index in [9.17, 15) is 13.2 Å². The second-order valence-electron chi connectivity index (χ2n) is 7.74. The molecule has 4 rings (SSSR count). The Balaban J connectivity index is 1.60. The lowest BCUT2D eigenvalue weighted by atomic mass is 10.2. The van der Waals surface area contributed by atoms with Crippen molar-refractivity contribution in [1.82, 2.24) is 8.87 Å². The van der Waals surface area contributed by atoms with E-state index in [0.717, 1.165) is 21.3 Å². The highest BCUT2D eigenvalue weighted by molar-refractivity contribution is 7.89. The second-order valence-corrected chi connectivity index (χ2v) is 10.8.